The Labute approximate surface area is 559 Å². The summed E-state index contributed by atoms with van der Waals surface area (Å²) < 4.78 is 2.53. The molecule has 0 amide bonds. The van der Waals surface area contributed by atoms with Crippen LogP contribution in [-0.4, -0.2) is 12.6 Å². The topological polar surface area (TPSA) is 4.93 Å². The highest BCUT2D eigenvalue weighted by Crippen LogP contribution is 2.42. The average molecular weight is 1230 g/mol. The molecule has 0 aliphatic carbocycles. The van der Waals surface area contributed by atoms with Crippen LogP contribution in [0.2, 0.25) is 0 Å². The fraction of sp³-hybridized carbons (Fsp3) is 0. The standard InChI is InChI=1S/C94H61NSi/c1-4-18-62(19-5-1)73-48-52-85-86-53-51-76(61-94(86)96(93(85)60-73,77-22-6-2-7-23-77)78-24-8-3-9-25-78)95-91-54-49-71(67-36-32-63(33-37-67)65-40-44-69(45-41-65)87-58-74-20-10-12-26-79(74)81-28-14-16-30-83(81)87)56-89(91)90-57-72(50-55-92(90)95)68-38-34-64(35-39-68)66-42-46-70(47-43-66)88-59-75-21-11-13-27-80(75)82-29-15-17-31-84(82)88/h1-61H. The Hall–Kier alpha value is -12.2. The van der Waals surface area contributed by atoms with E-state index in [0.29, 0.717) is 0 Å². The Morgan fingerprint density at radius 2 is 0.490 bits per heavy atom. The Balaban J connectivity index is 0.721. The van der Waals surface area contributed by atoms with Crippen molar-refractivity contribution in [3.05, 3.63) is 370 Å². The van der Waals surface area contributed by atoms with Crippen molar-refractivity contribution in [3.63, 3.8) is 0 Å². The van der Waals surface area contributed by atoms with Crippen molar-refractivity contribution in [2.24, 2.45) is 0 Å². The molecule has 1 nitrogen and oxygen atoms in total. The Bertz CT molecular complexity index is 5770. The summed E-state index contributed by atoms with van der Waals surface area (Å²) in [5, 5.41) is 18.2. The van der Waals surface area contributed by atoms with Gasteiger partial charge in [-0.05, 0) is 201 Å². The number of fused-ring (bicyclic) bond motifs is 12. The first-order chi connectivity index (χ1) is 47.6. The zero-order valence-electron chi connectivity index (χ0n) is 52.7. The molecule has 0 atom stereocenters. The molecule has 0 radical (unpaired) electrons. The van der Waals surface area contributed by atoms with E-state index in [1.807, 2.05) is 0 Å². The number of hydrogen-bond donors (Lipinski definition) is 0. The summed E-state index contributed by atoms with van der Waals surface area (Å²) in [6.07, 6.45) is 0. The van der Waals surface area contributed by atoms with Crippen LogP contribution in [0.5, 0.6) is 0 Å². The lowest BCUT2D eigenvalue weighted by Gasteiger charge is -2.32. The van der Waals surface area contributed by atoms with Crippen molar-refractivity contribution in [1.82, 2.24) is 4.57 Å². The molecule has 0 saturated heterocycles. The highest BCUT2D eigenvalue weighted by atomic mass is 28.3. The summed E-state index contributed by atoms with van der Waals surface area (Å²) in [4.78, 5) is 0. The molecule has 446 valence electrons. The van der Waals surface area contributed by atoms with Crippen LogP contribution in [0.1, 0.15) is 0 Å². The molecule has 96 heavy (non-hydrogen) atoms. The number of nitrogens with zero attached hydrogens (tertiary/aromatic N) is 1. The molecule has 2 heteroatoms. The maximum atomic E-state index is 2.56. The van der Waals surface area contributed by atoms with E-state index in [2.05, 4.69) is 375 Å². The molecule has 0 unspecified atom stereocenters. The van der Waals surface area contributed by atoms with Crippen LogP contribution in [0.4, 0.5) is 0 Å². The molecule has 1 aliphatic rings. The molecule has 1 aromatic heterocycles. The summed E-state index contributed by atoms with van der Waals surface area (Å²) in [7, 11) is -2.92. The minimum absolute atomic E-state index is 1.16. The van der Waals surface area contributed by atoms with Crippen LogP contribution in [0, 0.1) is 0 Å². The van der Waals surface area contributed by atoms with E-state index in [0.717, 1.165) is 5.69 Å². The normalized spacial score (nSPS) is 12.5. The van der Waals surface area contributed by atoms with Crippen LogP contribution in [-0.2, 0) is 0 Å². The third-order valence-electron chi connectivity index (χ3n) is 20.7. The minimum atomic E-state index is -2.92. The second-order valence-electron chi connectivity index (χ2n) is 25.8. The summed E-state index contributed by atoms with van der Waals surface area (Å²) in [5.41, 5.74) is 23.0. The lowest BCUT2D eigenvalue weighted by Crippen LogP contribution is -2.72. The van der Waals surface area contributed by atoms with Crippen LogP contribution in [0.3, 0.4) is 0 Å². The van der Waals surface area contributed by atoms with Gasteiger partial charge in [-0.15, -0.1) is 0 Å². The first kappa shape index (κ1) is 55.4. The predicted octanol–water partition coefficient (Wildman–Crippen LogP) is 22.4. The molecule has 0 bridgehead atoms. The third-order valence-corrected chi connectivity index (χ3v) is 25.5. The lowest BCUT2D eigenvalue weighted by atomic mass is 9.92. The largest absolute Gasteiger partial charge is 0.309 e. The highest BCUT2D eigenvalue weighted by molar-refractivity contribution is 7.22. The van der Waals surface area contributed by atoms with Gasteiger partial charge in [0, 0.05) is 16.5 Å². The molecular weight excluding hydrogens is 1170 g/mol. The van der Waals surface area contributed by atoms with Gasteiger partial charge in [-0.3, -0.25) is 0 Å². The maximum Gasteiger partial charge on any atom is 0.180 e. The van der Waals surface area contributed by atoms with E-state index < -0.39 is 8.07 Å². The molecule has 0 fully saturated rings. The molecule has 0 saturated carbocycles. The highest BCUT2D eigenvalue weighted by Gasteiger charge is 2.49. The Kier molecular flexibility index (Phi) is 13.0. The van der Waals surface area contributed by atoms with Gasteiger partial charge in [0.15, 0.2) is 8.07 Å². The summed E-state index contributed by atoms with van der Waals surface area (Å²) in [5.74, 6) is 0. The maximum absolute atomic E-state index is 2.92. The fourth-order valence-corrected chi connectivity index (χ4v) is 21.3. The first-order valence-electron chi connectivity index (χ1n) is 33.4. The Morgan fingerprint density at radius 3 is 0.938 bits per heavy atom. The molecule has 19 rings (SSSR count). The second kappa shape index (κ2) is 22.5. The van der Waals surface area contributed by atoms with Gasteiger partial charge in [0.05, 0.1) is 11.0 Å². The fourth-order valence-electron chi connectivity index (χ4n) is 16.1. The molecular formula is C94H61NSi. The van der Waals surface area contributed by atoms with Gasteiger partial charge in [0.1, 0.15) is 0 Å². The second-order valence-corrected chi connectivity index (χ2v) is 29.6. The van der Waals surface area contributed by atoms with E-state index >= 15 is 0 Å². The Morgan fingerprint density at radius 1 is 0.177 bits per heavy atom. The zero-order chi connectivity index (χ0) is 63.3. The van der Waals surface area contributed by atoms with Crippen molar-refractivity contribution in [2.45, 2.75) is 0 Å². The van der Waals surface area contributed by atoms with E-state index in [1.165, 1.54) is 175 Å². The van der Waals surface area contributed by atoms with Gasteiger partial charge in [0.25, 0.3) is 0 Å². The molecule has 0 spiro atoms. The zero-order valence-corrected chi connectivity index (χ0v) is 53.7. The summed E-state index contributed by atoms with van der Waals surface area (Å²) in [6, 6.07) is 139. The molecule has 18 aromatic rings. The molecule has 17 aromatic carbocycles. The van der Waals surface area contributed by atoms with Crippen molar-refractivity contribution in [3.8, 4) is 94.7 Å². The van der Waals surface area contributed by atoms with Gasteiger partial charge in [0.2, 0.25) is 0 Å². The van der Waals surface area contributed by atoms with Gasteiger partial charge >= 0.3 is 0 Å². The smallest absolute Gasteiger partial charge is 0.180 e. The molecule has 0 N–H and O–H groups in total. The van der Waals surface area contributed by atoms with Crippen LogP contribution >= 0.6 is 0 Å². The van der Waals surface area contributed by atoms with Gasteiger partial charge < -0.3 is 4.57 Å². The predicted molar refractivity (Wildman–Crippen MR) is 411 cm³/mol. The SMILES string of the molecule is c1ccc(-c2ccc3c(c2)[Si](c2ccccc2)(c2ccccc2)c2cc(-n4c5ccc(-c6ccc(-c7ccc(-c8cc9ccccc9c9ccccc89)cc7)cc6)cc5c5cc(-c6ccc(-c7ccc(-c8cc9ccccc9c9ccccc89)cc7)cc6)ccc54)ccc2-3)cc1. The minimum Gasteiger partial charge on any atom is -0.309 e. The van der Waals surface area contributed by atoms with Gasteiger partial charge in [-0.2, -0.15) is 0 Å². The van der Waals surface area contributed by atoms with Crippen LogP contribution in [0.15, 0.2) is 370 Å². The van der Waals surface area contributed by atoms with Gasteiger partial charge in [-0.1, -0.05) is 322 Å². The van der Waals surface area contributed by atoms with Crippen molar-refractivity contribution in [2.75, 3.05) is 0 Å². The number of benzene rings is 17. The molecule has 1 aliphatic heterocycles. The quantitative estimate of drug-likeness (QED) is 0.0950. The van der Waals surface area contributed by atoms with E-state index in [-0.39, 0.29) is 0 Å². The van der Waals surface area contributed by atoms with E-state index in [4.69, 9.17) is 0 Å². The lowest BCUT2D eigenvalue weighted by molar-refractivity contribution is 1.18. The number of hydrogen-bond acceptors (Lipinski definition) is 0. The number of aromatic nitrogens is 1. The summed E-state index contributed by atoms with van der Waals surface area (Å²) >= 11 is 0. The van der Waals surface area contributed by atoms with Crippen LogP contribution in [0.25, 0.3) is 160 Å². The average Bonchev–Trinajstić information content (AvgIpc) is 1.52. The summed E-state index contributed by atoms with van der Waals surface area (Å²) in [6.45, 7) is 0. The van der Waals surface area contributed by atoms with Crippen molar-refractivity contribution < 1.29 is 0 Å². The monoisotopic (exact) mass is 1230 g/mol. The van der Waals surface area contributed by atoms with Gasteiger partial charge in [-0.25, -0.2) is 0 Å². The van der Waals surface area contributed by atoms with Crippen LogP contribution < -0.4 is 20.7 Å². The van der Waals surface area contributed by atoms with E-state index in [9.17, 15) is 0 Å². The first-order valence-corrected chi connectivity index (χ1v) is 35.4. The third kappa shape index (κ3) is 8.98. The number of rotatable bonds is 10. The van der Waals surface area contributed by atoms with Crippen molar-refractivity contribution >= 4 is 93.7 Å². The van der Waals surface area contributed by atoms with E-state index in [1.54, 1.807) is 0 Å². The van der Waals surface area contributed by atoms with Crippen molar-refractivity contribution in [1.29, 1.82) is 0 Å². The molecule has 2 heterocycles.